The van der Waals surface area contributed by atoms with Crippen LogP contribution >= 0.6 is 23.2 Å². The molecular formula is C16H16Cl2O. The van der Waals surface area contributed by atoms with Crippen LogP contribution < -0.4 is 0 Å². The lowest BCUT2D eigenvalue weighted by Gasteiger charge is -2.16. The van der Waals surface area contributed by atoms with Crippen LogP contribution in [0.1, 0.15) is 33.9 Å². The first-order valence-corrected chi connectivity index (χ1v) is 6.86. The summed E-state index contributed by atoms with van der Waals surface area (Å²) in [6, 6.07) is 9.43. The zero-order chi connectivity index (χ0) is 14.2. The van der Waals surface area contributed by atoms with Gasteiger partial charge in [-0.2, -0.15) is 0 Å². The normalized spacial score (nSPS) is 12.5. The van der Waals surface area contributed by atoms with Crippen LogP contribution in [-0.4, -0.2) is 5.11 Å². The van der Waals surface area contributed by atoms with E-state index >= 15 is 0 Å². The predicted octanol–water partition coefficient (Wildman–Crippen LogP) is 5.00. The quantitative estimate of drug-likeness (QED) is 0.826. The fourth-order valence-electron chi connectivity index (χ4n) is 2.06. The van der Waals surface area contributed by atoms with E-state index < -0.39 is 6.10 Å². The number of aliphatic hydroxyl groups is 1. The zero-order valence-electron chi connectivity index (χ0n) is 11.2. The highest BCUT2D eigenvalue weighted by atomic mass is 35.5. The third kappa shape index (κ3) is 2.94. The summed E-state index contributed by atoms with van der Waals surface area (Å²) in [4.78, 5) is 0. The molecule has 0 aliphatic rings. The highest BCUT2D eigenvalue weighted by molar-refractivity contribution is 6.31. The van der Waals surface area contributed by atoms with Crippen LogP contribution in [0.2, 0.25) is 10.0 Å². The molecule has 2 rings (SSSR count). The summed E-state index contributed by atoms with van der Waals surface area (Å²) in [6.45, 7) is 5.82. The molecule has 0 aliphatic heterocycles. The number of aryl methyl sites for hydroxylation is 3. The van der Waals surface area contributed by atoms with Crippen LogP contribution in [-0.2, 0) is 0 Å². The fourth-order valence-corrected chi connectivity index (χ4v) is 2.46. The molecule has 0 bridgehead atoms. The molecule has 1 nitrogen and oxygen atoms in total. The standard InChI is InChI=1S/C16H16Cl2O/c1-9-4-5-12(8-15(9)18)16(19)13-6-11(3)14(17)7-10(13)2/h4-8,16,19H,1-3H3. The van der Waals surface area contributed by atoms with Crippen LogP contribution in [0.25, 0.3) is 0 Å². The topological polar surface area (TPSA) is 20.2 Å². The van der Waals surface area contributed by atoms with Gasteiger partial charge in [0.1, 0.15) is 6.10 Å². The summed E-state index contributed by atoms with van der Waals surface area (Å²) in [6.07, 6.45) is -0.686. The monoisotopic (exact) mass is 294 g/mol. The Labute approximate surface area is 123 Å². The van der Waals surface area contributed by atoms with E-state index in [0.717, 1.165) is 32.8 Å². The van der Waals surface area contributed by atoms with Crippen LogP contribution in [0, 0.1) is 20.8 Å². The van der Waals surface area contributed by atoms with Crippen molar-refractivity contribution in [1.82, 2.24) is 0 Å². The summed E-state index contributed by atoms with van der Waals surface area (Å²) in [5.41, 5.74) is 4.59. The molecule has 0 amide bonds. The minimum Gasteiger partial charge on any atom is -0.384 e. The first-order chi connectivity index (χ1) is 8.90. The van der Waals surface area contributed by atoms with Crippen molar-refractivity contribution in [2.75, 3.05) is 0 Å². The van der Waals surface area contributed by atoms with E-state index in [9.17, 15) is 5.11 Å². The van der Waals surface area contributed by atoms with Crippen molar-refractivity contribution in [3.05, 3.63) is 68.2 Å². The van der Waals surface area contributed by atoms with Crippen molar-refractivity contribution in [1.29, 1.82) is 0 Å². The van der Waals surface area contributed by atoms with Gasteiger partial charge in [-0.1, -0.05) is 41.4 Å². The molecule has 1 N–H and O–H groups in total. The summed E-state index contributed by atoms with van der Waals surface area (Å²) < 4.78 is 0. The van der Waals surface area contributed by atoms with E-state index in [-0.39, 0.29) is 0 Å². The van der Waals surface area contributed by atoms with Crippen molar-refractivity contribution < 1.29 is 5.11 Å². The Morgan fingerprint density at radius 3 is 2.11 bits per heavy atom. The van der Waals surface area contributed by atoms with Gasteiger partial charge in [-0.3, -0.25) is 0 Å². The van der Waals surface area contributed by atoms with Crippen LogP contribution in [0.4, 0.5) is 0 Å². The van der Waals surface area contributed by atoms with Crippen molar-refractivity contribution in [2.45, 2.75) is 26.9 Å². The van der Waals surface area contributed by atoms with Crippen molar-refractivity contribution in [2.24, 2.45) is 0 Å². The lowest BCUT2D eigenvalue weighted by Crippen LogP contribution is -2.03. The van der Waals surface area contributed by atoms with Gasteiger partial charge in [0.25, 0.3) is 0 Å². The maximum atomic E-state index is 10.5. The van der Waals surface area contributed by atoms with Gasteiger partial charge in [0.2, 0.25) is 0 Å². The molecule has 0 fully saturated rings. The molecule has 2 aromatic rings. The second-order valence-electron chi connectivity index (χ2n) is 4.87. The highest BCUT2D eigenvalue weighted by Gasteiger charge is 2.15. The minimum absolute atomic E-state index is 0.667. The predicted molar refractivity (Wildman–Crippen MR) is 81.2 cm³/mol. The summed E-state index contributed by atoms with van der Waals surface area (Å²) in [5, 5.41) is 11.9. The van der Waals surface area contributed by atoms with Crippen LogP contribution in [0.15, 0.2) is 30.3 Å². The number of hydrogen-bond acceptors (Lipinski definition) is 1. The summed E-state index contributed by atoms with van der Waals surface area (Å²) in [5.74, 6) is 0. The molecule has 0 aromatic heterocycles. The maximum Gasteiger partial charge on any atom is 0.104 e. The Balaban J connectivity index is 2.46. The molecule has 1 atom stereocenters. The average Bonchev–Trinajstić information content (AvgIpc) is 2.36. The van der Waals surface area contributed by atoms with E-state index in [1.54, 1.807) is 0 Å². The maximum absolute atomic E-state index is 10.5. The fraction of sp³-hybridized carbons (Fsp3) is 0.250. The molecule has 3 heteroatoms. The largest absolute Gasteiger partial charge is 0.384 e. The number of benzene rings is 2. The van der Waals surface area contributed by atoms with Gasteiger partial charge in [0.15, 0.2) is 0 Å². The Kier molecular flexibility index (Phi) is 4.19. The molecule has 0 saturated heterocycles. The third-order valence-electron chi connectivity index (χ3n) is 3.35. The summed E-state index contributed by atoms with van der Waals surface area (Å²) in [7, 11) is 0. The number of hydrogen-bond donors (Lipinski definition) is 1. The molecule has 0 saturated carbocycles. The Morgan fingerprint density at radius 1 is 0.842 bits per heavy atom. The molecule has 19 heavy (non-hydrogen) atoms. The van der Waals surface area contributed by atoms with Gasteiger partial charge in [0, 0.05) is 10.0 Å². The zero-order valence-corrected chi connectivity index (χ0v) is 12.7. The second kappa shape index (κ2) is 5.54. The van der Waals surface area contributed by atoms with Gasteiger partial charge >= 0.3 is 0 Å². The molecular weight excluding hydrogens is 279 g/mol. The van der Waals surface area contributed by atoms with Gasteiger partial charge in [-0.25, -0.2) is 0 Å². The molecule has 0 aliphatic carbocycles. The van der Waals surface area contributed by atoms with E-state index in [1.165, 1.54) is 0 Å². The van der Waals surface area contributed by atoms with Crippen molar-refractivity contribution in [3.8, 4) is 0 Å². The first-order valence-electron chi connectivity index (χ1n) is 6.11. The van der Waals surface area contributed by atoms with Gasteiger partial charge in [0.05, 0.1) is 0 Å². The van der Waals surface area contributed by atoms with Crippen molar-refractivity contribution in [3.63, 3.8) is 0 Å². The van der Waals surface area contributed by atoms with Gasteiger partial charge in [-0.15, -0.1) is 0 Å². The molecule has 0 heterocycles. The van der Waals surface area contributed by atoms with E-state index in [1.807, 2.05) is 51.1 Å². The Morgan fingerprint density at radius 2 is 1.47 bits per heavy atom. The smallest absolute Gasteiger partial charge is 0.104 e. The Hall–Kier alpha value is -1.02. The number of rotatable bonds is 2. The van der Waals surface area contributed by atoms with Crippen LogP contribution in [0.3, 0.4) is 0 Å². The molecule has 1 unspecified atom stereocenters. The molecule has 0 spiro atoms. The minimum atomic E-state index is -0.686. The third-order valence-corrected chi connectivity index (χ3v) is 4.17. The number of halogens is 2. The highest BCUT2D eigenvalue weighted by Crippen LogP contribution is 2.30. The van der Waals surface area contributed by atoms with E-state index in [0.29, 0.717) is 5.02 Å². The van der Waals surface area contributed by atoms with E-state index in [2.05, 4.69) is 0 Å². The first kappa shape index (κ1) is 14.4. The summed E-state index contributed by atoms with van der Waals surface area (Å²) >= 11 is 12.2. The SMILES string of the molecule is Cc1ccc(C(O)c2cc(C)c(Cl)cc2C)cc1Cl. The van der Waals surface area contributed by atoms with E-state index in [4.69, 9.17) is 23.2 Å². The molecule has 2 aromatic carbocycles. The average molecular weight is 295 g/mol. The van der Waals surface area contributed by atoms with Gasteiger partial charge in [-0.05, 0) is 60.7 Å². The number of aliphatic hydroxyl groups excluding tert-OH is 1. The van der Waals surface area contributed by atoms with Crippen LogP contribution in [0.5, 0.6) is 0 Å². The molecule has 0 radical (unpaired) electrons. The lowest BCUT2D eigenvalue weighted by molar-refractivity contribution is 0.219. The second-order valence-corrected chi connectivity index (χ2v) is 5.68. The Bertz CT molecular complexity index is 620. The van der Waals surface area contributed by atoms with Gasteiger partial charge < -0.3 is 5.11 Å². The molecule has 100 valence electrons. The lowest BCUT2D eigenvalue weighted by atomic mass is 9.95. The van der Waals surface area contributed by atoms with Crippen molar-refractivity contribution >= 4 is 23.2 Å².